The van der Waals surface area contributed by atoms with Crippen LogP contribution >= 0.6 is 0 Å². The molecule has 24 heavy (non-hydrogen) atoms. The SMILES string of the molecule is OC1(c2ccc(F)cc2)CCN(Cc2ccc(-c3ccn[nH]3)o2)C1. The first-order valence-electron chi connectivity index (χ1n) is 7.92. The monoisotopic (exact) mass is 327 g/mol. The Hall–Kier alpha value is -2.44. The molecule has 1 fully saturated rings. The average Bonchev–Trinajstić information content (AvgIpc) is 3.30. The molecule has 1 unspecified atom stereocenters. The molecular formula is C18H18FN3O2. The number of nitrogens with zero attached hydrogens (tertiary/aromatic N) is 2. The zero-order valence-corrected chi connectivity index (χ0v) is 13.1. The van der Waals surface area contributed by atoms with Gasteiger partial charge < -0.3 is 9.52 Å². The van der Waals surface area contributed by atoms with Gasteiger partial charge >= 0.3 is 0 Å². The second-order valence-electron chi connectivity index (χ2n) is 6.24. The van der Waals surface area contributed by atoms with Gasteiger partial charge in [0.05, 0.1) is 6.54 Å². The van der Waals surface area contributed by atoms with E-state index in [0.717, 1.165) is 29.3 Å². The van der Waals surface area contributed by atoms with Gasteiger partial charge in [-0.1, -0.05) is 12.1 Å². The first-order valence-corrected chi connectivity index (χ1v) is 7.92. The quantitative estimate of drug-likeness (QED) is 0.773. The lowest BCUT2D eigenvalue weighted by Crippen LogP contribution is -2.30. The van der Waals surface area contributed by atoms with Crippen LogP contribution < -0.4 is 0 Å². The van der Waals surface area contributed by atoms with E-state index in [2.05, 4.69) is 15.1 Å². The highest BCUT2D eigenvalue weighted by Crippen LogP contribution is 2.33. The van der Waals surface area contributed by atoms with Crippen molar-refractivity contribution in [2.24, 2.45) is 0 Å². The van der Waals surface area contributed by atoms with Gasteiger partial charge in [-0.15, -0.1) is 0 Å². The van der Waals surface area contributed by atoms with Crippen LogP contribution in [0.2, 0.25) is 0 Å². The van der Waals surface area contributed by atoms with Crippen LogP contribution in [-0.4, -0.2) is 33.3 Å². The Kier molecular flexibility index (Phi) is 3.70. The topological polar surface area (TPSA) is 65.3 Å². The first-order chi connectivity index (χ1) is 11.6. The molecule has 124 valence electrons. The summed E-state index contributed by atoms with van der Waals surface area (Å²) in [5, 5.41) is 17.6. The molecule has 0 aliphatic carbocycles. The van der Waals surface area contributed by atoms with E-state index in [1.165, 1.54) is 12.1 Å². The molecule has 2 aromatic heterocycles. The average molecular weight is 327 g/mol. The highest BCUT2D eigenvalue weighted by Gasteiger charge is 2.37. The molecule has 1 atom stereocenters. The van der Waals surface area contributed by atoms with Gasteiger partial charge in [0.2, 0.25) is 0 Å². The number of aromatic nitrogens is 2. The second kappa shape index (κ2) is 5.89. The molecule has 1 aliphatic heterocycles. The maximum Gasteiger partial charge on any atom is 0.152 e. The number of nitrogens with one attached hydrogen (secondary N) is 1. The summed E-state index contributed by atoms with van der Waals surface area (Å²) in [7, 11) is 0. The molecule has 5 nitrogen and oxygen atoms in total. The number of hydrogen-bond acceptors (Lipinski definition) is 4. The highest BCUT2D eigenvalue weighted by atomic mass is 19.1. The standard InChI is InChI=1S/C18H18FN3O2/c19-14-3-1-13(2-4-14)18(23)8-10-22(12-18)11-15-5-6-17(24-15)16-7-9-20-21-16/h1-7,9,23H,8,10-12H2,(H,20,21). The number of benzene rings is 1. The molecule has 0 spiro atoms. The molecule has 6 heteroatoms. The van der Waals surface area contributed by atoms with Crippen molar-refractivity contribution in [3.8, 4) is 11.5 Å². The van der Waals surface area contributed by atoms with E-state index in [9.17, 15) is 9.50 Å². The third-order valence-corrected chi connectivity index (χ3v) is 4.52. The Morgan fingerprint density at radius 2 is 2.04 bits per heavy atom. The molecule has 4 rings (SSSR count). The zero-order valence-electron chi connectivity index (χ0n) is 13.1. The fourth-order valence-electron chi connectivity index (χ4n) is 3.22. The maximum atomic E-state index is 13.1. The van der Waals surface area contributed by atoms with Gasteiger partial charge in [0.15, 0.2) is 5.76 Å². The molecule has 1 aliphatic rings. The van der Waals surface area contributed by atoms with Crippen molar-refractivity contribution in [3.63, 3.8) is 0 Å². The molecule has 0 amide bonds. The normalized spacial score (nSPS) is 21.4. The Morgan fingerprint density at radius 1 is 1.21 bits per heavy atom. The largest absolute Gasteiger partial charge is 0.458 e. The van der Waals surface area contributed by atoms with Gasteiger partial charge in [-0.2, -0.15) is 5.10 Å². The molecule has 1 saturated heterocycles. The summed E-state index contributed by atoms with van der Waals surface area (Å²) in [6.45, 7) is 1.88. The first kappa shape index (κ1) is 15.1. The lowest BCUT2D eigenvalue weighted by molar-refractivity contribution is 0.0445. The summed E-state index contributed by atoms with van der Waals surface area (Å²) in [5.74, 6) is 1.29. The Morgan fingerprint density at radius 3 is 2.79 bits per heavy atom. The number of rotatable bonds is 4. The summed E-state index contributed by atoms with van der Waals surface area (Å²) in [6, 6.07) is 11.8. The van der Waals surface area contributed by atoms with Crippen molar-refractivity contribution in [1.29, 1.82) is 0 Å². The molecule has 0 saturated carbocycles. The van der Waals surface area contributed by atoms with Crippen LogP contribution in [-0.2, 0) is 12.1 Å². The third-order valence-electron chi connectivity index (χ3n) is 4.52. The highest BCUT2D eigenvalue weighted by molar-refractivity contribution is 5.51. The van der Waals surface area contributed by atoms with E-state index in [0.29, 0.717) is 19.5 Å². The Labute approximate surface area is 138 Å². The van der Waals surface area contributed by atoms with Gasteiger partial charge in [-0.05, 0) is 42.3 Å². The predicted octanol–water partition coefficient (Wildman–Crippen LogP) is 2.90. The number of halogens is 1. The van der Waals surface area contributed by atoms with Crippen LogP contribution in [0.15, 0.2) is 53.1 Å². The molecule has 0 bridgehead atoms. The van der Waals surface area contributed by atoms with Crippen LogP contribution in [0.3, 0.4) is 0 Å². The van der Waals surface area contributed by atoms with Crippen molar-refractivity contribution in [2.45, 2.75) is 18.6 Å². The summed E-state index contributed by atoms with van der Waals surface area (Å²) < 4.78 is 18.9. The number of furan rings is 1. The molecular weight excluding hydrogens is 309 g/mol. The molecule has 3 aromatic rings. The lowest BCUT2D eigenvalue weighted by Gasteiger charge is -2.23. The number of hydrogen-bond donors (Lipinski definition) is 2. The Bertz CT molecular complexity index is 813. The Balaban J connectivity index is 1.44. The van der Waals surface area contributed by atoms with Gasteiger partial charge in [-0.25, -0.2) is 4.39 Å². The number of likely N-dealkylation sites (tertiary alicyclic amines) is 1. The molecule has 1 aromatic carbocycles. The van der Waals surface area contributed by atoms with Crippen molar-refractivity contribution >= 4 is 0 Å². The summed E-state index contributed by atoms with van der Waals surface area (Å²) in [6.07, 6.45) is 2.30. The number of H-pyrrole nitrogens is 1. The zero-order chi connectivity index (χ0) is 16.6. The smallest absolute Gasteiger partial charge is 0.152 e. The fourth-order valence-corrected chi connectivity index (χ4v) is 3.22. The summed E-state index contributed by atoms with van der Waals surface area (Å²) in [4.78, 5) is 2.14. The number of β-amino-alcohol motifs (C(OH)–C–C–N with tert-alkyl or cyclic N) is 1. The number of aliphatic hydroxyl groups is 1. The van der Waals surface area contributed by atoms with Crippen LogP contribution in [0.5, 0.6) is 0 Å². The summed E-state index contributed by atoms with van der Waals surface area (Å²) in [5.41, 5.74) is 0.654. The van der Waals surface area contributed by atoms with Crippen molar-refractivity contribution in [2.75, 3.05) is 13.1 Å². The minimum atomic E-state index is -0.938. The van der Waals surface area contributed by atoms with E-state index in [-0.39, 0.29) is 5.82 Å². The third kappa shape index (κ3) is 2.86. The van der Waals surface area contributed by atoms with Crippen LogP contribution in [0.1, 0.15) is 17.7 Å². The predicted molar refractivity (Wildman–Crippen MR) is 86.5 cm³/mol. The van der Waals surface area contributed by atoms with Crippen LogP contribution in [0.25, 0.3) is 11.5 Å². The van der Waals surface area contributed by atoms with Gasteiger partial charge in [0.25, 0.3) is 0 Å². The van der Waals surface area contributed by atoms with E-state index < -0.39 is 5.60 Å². The minimum Gasteiger partial charge on any atom is -0.458 e. The minimum absolute atomic E-state index is 0.292. The van der Waals surface area contributed by atoms with Crippen molar-refractivity contribution < 1.29 is 13.9 Å². The second-order valence-corrected chi connectivity index (χ2v) is 6.24. The molecule has 2 N–H and O–H groups in total. The van der Waals surface area contributed by atoms with E-state index in [1.807, 2.05) is 18.2 Å². The maximum absolute atomic E-state index is 13.1. The lowest BCUT2D eigenvalue weighted by atomic mass is 9.93. The van der Waals surface area contributed by atoms with Crippen LogP contribution in [0.4, 0.5) is 4.39 Å². The van der Waals surface area contributed by atoms with Gasteiger partial charge in [0.1, 0.15) is 22.9 Å². The van der Waals surface area contributed by atoms with Crippen molar-refractivity contribution in [3.05, 3.63) is 65.8 Å². The number of aromatic amines is 1. The van der Waals surface area contributed by atoms with E-state index in [1.54, 1.807) is 18.3 Å². The molecule has 3 heterocycles. The summed E-state index contributed by atoms with van der Waals surface area (Å²) >= 11 is 0. The van der Waals surface area contributed by atoms with Crippen LogP contribution in [0, 0.1) is 5.82 Å². The fraction of sp³-hybridized carbons (Fsp3) is 0.278. The van der Waals surface area contributed by atoms with E-state index in [4.69, 9.17) is 4.42 Å². The molecule has 0 radical (unpaired) electrons. The van der Waals surface area contributed by atoms with E-state index >= 15 is 0 Å². The van der Waals surface area contributed by atoms with Gasteiger partial charge in [0, 0.05) is 19.3 Å². The van der Waals surface area contributed by atoms with Crippen molar-refractivity contribution in [1.82, 2.24) is 15.1 Å². The van der Waals surface area contributed by atoms with Gasteiger partial charge in [-0.3, -0.25) is 10.00 Å².